The lowest BCUT2D eigenvalue weighted by Gasteiger charge is -2.14. The number of thiophene rings is 1. The van der Waals surface area contributed by atoms with Crippen LogP contribution in [0.1, 0.15) is 47.2 Å². The number of carbonyl (C=O) groups is 3. The Morgan fingerprint density at radius 3 is 2.42 bits per heavy atom. The van der Waals surface area contributed by atoms with Gasteiger partial charge in [-0.05, 0) is 73.8 Å². The van der Waals surface area contributed by atoms with Gasteiger partial charge in [0.1, 0.15) is 5.69 Å². The molecule has 0 fully saturated rings. The molecule has 2 aromatic heterocycles. The summed E-state index contributed by atoms with van der Waals surface area (Å²) in [7, 11) is 4.03. The highest BCUT2D eigenvalue weighted by molar-refractivity contribution is 7.09. The molecule has 3 heterocycles. The van der Waals surface area contributed by atoms with Gasteiger partial charge in [0.25, 0.3) is 17.7 Å². The van der Waals surface area contributed by atoms with Crippen molar-refractivity contribution in [2.24, 2.45) is 0 Å². The van der Waals surface area contributed by atoms with Gasteiger partial charge in [-0.25, -0.2) is 0 Å². The highest BCUT2D eigenvalue weighted by Crippen LogP contribution is 2.27. The van der Waals surface area contributed by atoms with Crippen LogP contribution in [0.3, 0.4) is 0 Å². The number of nitrogens with zero attached hydrogens (tertiary/aromatic N) is 2. The minimum Gasteiger partial charge on any atom is -0.350 e. The number of likely N-dealkylation sites (N-methyl/N-ethyl adjacent to an activating group) is 1. The normalized spacial score (nSPS) is 13.1. The van der Waals surface area contributed by atoms with Gasteiger partial charge in [-0.1, -0.05) is 24.3 Å². The molecule has 7 nitrogen and oxygen atoms in total. The van der Waals surface area contributed by atoms with E-state index in [0.29, 0.717) is 36.3 Å². The molecule has 0 atom stereocenters. The van der Waals surface area contributed by atoms with E-state index in [1.54, 1.807) is 35.6 Å². The number of benzene rings is 2. The number of hydrogen-bond acceptors (Lipinski definition) is 5. The molecule has 4 aromatic rings. The van der Waals surface area contributed by atoms with Gasteiger partial charge < -0.3 is 15.2 Å². The average Bonchev–Trinajstić information content (AvgIpc) is 3.58. The van der Waals surface area contributed by atoms with Crippen molar-refractivity contribution < 1.29 is 14.4 Å². The number of H-pyrrole nitrogens is 1. The van der Waals surface area contributed by atoms with Crippen LogP contribution in [0.2, 0.25) is 0 Å². The molecule has 0 aliphatic carbocycles. The predicted octanol–water partition coefficient (Wildman–Crippen LogP) is 4.10. The molecule has 0 saturated carbocycles. The smallest absolute Gasteiger partial charge is 0.268 e. The zero-order valence-electron chi connectivity index (χ0n) is 20.3. The van der Waals surface area contributed by atoms with Gasteiger partial charge in [0.15, 0.2) is 0 Å². The first-order valence-corrected chi connectivity index (χ1v) is 12.8. The van der Waals surface area contributed by atoms with E-state index in [9.17, 15) is 14.4 Å². The van der Waals surface area contributed by atoms with Crippen molar-refractivity contribution >= 4 is 40.0 Å². The summed E-state index contributed by atoms with van der Waals surface area (Å²) < 4.78 is 0. The molecule has 36 heavy (non-hydrogen) atoms. The summed E-state index contributed by atoms with van der Waals surface area (Å²) in [5, 5.41) is 6.03. The summed E-state index contributed by atoms with van der Waals surface area (Å²) in [4.78, 5) is 46.4. The summed E-state index contributed by atoms with van der Waals surface area (Å²) in [6, 6.07) is 17.0. The summed E-state index contributed by atoms with van der Waals surface area (Å²) >= 11 is 1.61. The molecular weight excluding hydrogens is 472 g/mol. The summed E-state index contributed by atoms with van der Waals surface area (Å²) in [5.41, 5.74) is 4.40. The van der Waals surface area contributed by atoms with Crippen molar-refractivity contribution in [3.8, 4) is 0 Å². The molecule has 8 heteroatoms. The van der Waals surface area contributed by atoms with E-state index in [4.69, 9.17) is 0 Å². The Hall–Kier alpha value is -3.75. The quantitative estimate of drug-likeness (QED) is 0.339. The van der Waals surface area contributed by atoms with Gasteiger partial charge >= 0.3 is 0 Å². The Morgan fingerprint density at radius 1 is 1.00 bits per heavy atom. The highest BCUT2D eigenvalue weighted by atomic mass is 32.1. The molecule has 3 amide bonds. The number of fused-ring (bicyclic) bond motifs is 2. The first-order chi connectivity index (χ1) is 17.4. The highest BCUT2D eigenvalue weighted by Gasteiger charge is 2.34. The Kier molecular flexibility index (Phi) is 6.71. The number of aromatic amines is 1. The maximum absolute atomic E-state index is 13.1. The van der Waals surface area contributed by atoms with E-state index in [0.717, 1.165) is 39.9 Å². The SMILES string of the molecule is CN(C)CCc1c(C(=O)NCc2cccs2)[nH]c2ccc(CCN3C(=O)c4ccccc4C3=O)cc12. The zero-order chi connectivity index (χ0) is 25.2. The fourth-order valence-electron chi connectivity index (χ4n) is 4.59. The minimum absolute atomic E-state index is 0.124. The maximum atomic E-state index is 13.1. The number of rotatable bonds is 9. The molecule has 0 bridgehead atoms. The molecular formula is C28H28N4O3S. The standard InChI is InChI=1S/C28H28N4O3S/c1-31(2)13-12-20-23-16-18(11-14-32-27(34)21-7-3-4-8-22(21)28(32)35)9-10-24(23)30-25(20)26(33)29-17-19-6-5-15-36-19/h3-10,15-16,30H,11-14,17H2,1-2H3,(H,29,33). The van der Waals surface area contributed by atoms with Gasteiger partial charge in [0.2, 0.25) is 0 Å². The van der Waals surface area contributed by atoms with Crippen LogP contribution in [0.4, 0.5) is 0 Å². The number of amides is 3. The maximum Gasteiger partial charge on any atom is 0.268 e. The lowest BCUT2D eigenvalue weighted by Crippen LogP contribution is -2.31. The zero-order valence-corrected chi connectivity index (χ0v) is 21.2. The van der Waals surface area contributed by atoms with Crippen molar-refractivity contribution in [3.05, 3.63) is 92.8 Å². The van der Waals surface area contributed by atoms with Crippen LogP contribution in [-0.2, 0) is 19.4 Å². The molecule has 0 saturated heterocycles. The molecule has 2 N–H and O–H groups in total. The molecule has 1 aliphatic heterocycles. The molecule has 184 valence electrons. The Bertz CT molecular complexity index is 1400. The topological polar surface area (TPSA) is 85.5 Å². The molecule has 0 radical (unpaired) electrons. The fourth-order valence-corrected chi connectivity index (χ4v) is 5.24. The van der Waals surface area contributed by atoms with Crippen molar-refractivity contribution in [2.45, 2.75) is 19.4 Å². The van der Waals surface area contributed by atoms with E-state index in [-0.39, 0.29) is 17.7 Å². The van der Waals surface area contributed by atoms with E-state index in [2.05, 4.69) is 21.3 Å². The second-order valence-corrected chi connectivity index (χ2v) is 10.3. The number of aromatic nitrogens is 1. The van der Waals surface area contributed by atoms with Gasteiger partial charge in [0.05, 0.1) is 17.7 Å². The lowest BCUT2D eigenvalue weighted by molar-refractivity contribution is 0.0655. The van der Waals surface area contributed by atoms with Crippen LogP contribution < -0.4 is 5.32 Å². The predicted molar refractivity (Wildman–Crippen MR) is 142 cm³/mol. The first-order valence-electron chi connectivity index (χ1n) is 12.0. The average molecular weight is 501 g/mol. The van der Waals surface area contributed by atoms with E-state index in [1.165, 1.54) is 4.90 Å². The monoisotopic (exact) mass is 500 g/mol. The van der Waals surface area contributed by atoms with Gasteiger partial charge in [0, 0.05) is 28.9 Å². The van der Waals surface area contributed by atoms with Crippen LogP contribution in [0.15, 0.2) is 60.0 Å². The van der Waals surface area contributed by atoms with Crippen LogP contribution >= 0.6 is 11.3 Å². The number of imide groups is 1. The summed E-state index contributed by atoms with van der Waals surface area (Å²) in [5.74, 6) is -0.606. The molecule has 1 aliphatic rings. The second-order valence-electron chi connectivity index (χ2n) is 9.23. The van der Waals surface area contributed by atoms with Crippen LogP contribution in [0, 0.1) is 0 Å². The third-order valence-electron chi connectivity index (χ3n) is 6.51. The van der Waals surface area contributed by atoms with E-state index in [1.807, 2.05) is 43.7 Å². The van der Waals surface area contributed by atoms with E-state index < -0.39 is 0 Å². The largest absolute Gasteiger partial charge is 0.350 e. The van der Waals surface area contributed by atoms with Crippen molar-refractivity contribution in [1.82, 2.24) is 20.1 Å². The molecule has 2 aromatic carbocycles. The Labute approximate surface area is 213 Å². The fraction of sp³-hybridized carbons (Fsp3) is 0.250. The molecule has 0 spiro atoms. The number of hydrogen-bond donors (Lipinski definition) is 2. The Balaban J connectivity index is 1.37. The van der Waals surface area contributed by atoms with Crippen LogP contribution in [0.5, 0.6) is 0 Å². The van der Waals surface area contributed by atoms with Crippen molar-refractivity contribution in [3.63, 3.8) is 0 Å². The lowest BCUT2D eigenvalue weighted by atomic mass is 10.0. The van der Waals surface area contributed by atoms with Crippen LogP contribution in [0.25, 0.3) is 10.9 Å². The third kappa shape index (κ3) is 4.69. The van der Waals surface area contributed by atoms with Crippen molar-refractivity contribution in [2.75, 3.05) is 27.2 Å². The minimum atomic E-state index is -0.241. The van der Waals surface area contributed by atoms with Gasteiger partial charge in [-0.2, -0.15) is 0 Å². The third-order valence-corrected chi connectivity index (χ3v) is 7.39. The summed E-state index contributed by atoms with van der Waals surface area (Å²) in [6.45, 7) is 1.60. The van der Waals surface area contributed by atoms with Gasteiger partial charge in [-0.3, -0.25) is 19.3 Å². The molecule has 0 unspecified atom stereocenters. The number of carbonyl (C=O) groups excluding carboxylic acids is 3. The Morgan fingerprint density at radius 2 is 1.75 bits per heavy atom. The van der Waals surface area contributed by atoms with Crippen molar-refractivity contribution in [1.29, 1.82) is 0 Å². The number of nitrogens with one attached hydrogen (secondary N) is 2. The van der Waals surface area contributed by atoms with Gasteiger partial charge in [-0.15, -0.1) is 11.3 Å². The van der Waals surface area contributed by atoms with E-state index >= 15 is 0 Å². The second kappa shape index (κ2) is 10.1. The first kappa shape index (κ1) is 24.0. The van der Waals surface area contributed by atoms with Crippen LogP contribution in [-0.4, -0.2) is 59.7 Å². The summed E-state index contributed by atoms with van der Waals surface area (Å²) in [6.07, 6.45) is 1.26. The molecule has 5 rings (SSSR count).